The lowest BCUT2D eigenvalue weighted by Crippen LogP contribution is -3.29. The summed E-state index contributed by atoms with van der Waals surface area (Å²) in [6.45, 7) is 11.2. The largest absolute Gasteiger partial charge is 0.323 e. The Kier molecular flexibility index (Phi) is 4.57. The van der Waals surface area contributed by atoms with Crippen LogP contribution in [0.2, 0.25) is 0 Å². The number of hydrogen-bond donors (Lipinski definition) is 2. The lowest BCUT2D eigenvalue weighted by molar-refractivity contribution is -1.03. The van der Waals surface area contributed by atoms with Gasteiger partial charge < -0.3 is 9.80 Å². The molecule has 0 spiro atoms. The molecule has 1 atom stereocenters. The minimum absolute atomic E-state index is 0.841. The first kappa shape index (κ1) is 12.6. The molecule has 0 aromatic heterocycles. The maximum atomic E-state index is 2.39. The third-order valence-electron chi connectivity index (χ3n) is 4.21. The second-order valence-electron chi connectivity index (χ2n) is 5.38. The van der Waals surface area contributed by atoms with Gasteiger partial charge in [-0.05, 0) is 13.3 Å². The van der Waals surface area contributed by atoms with E-state index in [4.69, 9.17) is 0 Å². The summed E-state index contributed by atoms with van der Waals surface area (Å²) in [7, 11) is 0. The van der Waals surface area contributed by atoms with E-state index >= 15 is 0 Å². The Bertz CT molecular complexity index is 315. The molecular weight excluding hydrogens is 208 g/mol. The minimum Gasteiger partial charge on any atom is -0.323 e. The van der Waals surface area contributed by atoms with Crippen LogP contribution >= 0.6 is 0 Å². The molecule has 2 nitrogen and oxygen atoms in total. The summed E-state index contributed by atoms with van der Waals surface area (Å²) < 4.78 is 0. The van der Waals surface area contributed by atoms with Crippen molar-refractivity contribution in [3.8, 4) is 0 Å². The summed E-state index contributed by atoms with van der Waals surface area (Å²) in [5.74, 6) is 0. The average molecular weight is 234 g/mol. The highest BCUT2D eigenvalue weighted by Crippen LogP contribution is 1.95. The molecule has 0 unspecified atom stereocenters. The minimum atomic E-state index is 0.841. The van der Waals surface area contributed by atoms with E-state index in [1.54, 1.807) is 4.90 Å². The van der Waals surface area contributed by atoms with Crippen LogP contribution in [0, 0.1) is 0 Å². The molecule has 1 saturated heterocycles. The van der Waals surface area contributed by atoms with E-state index in [0.717, 1.165) is 6.04 Å². The Labute approximate surface area is 105 Å². The van der Waals surface area contributed by atoms with Crippen LogP contribution in [0.15, 0.2) is 30.3 Å². The van der Waals surface area contributed by atoms with Gasteiger partial charge in [0.2, 0.25) is 0 Å². The molecule has 94 valence electrons. The SMILES string of the molecule is CC[C@@H](C)[NH+]1CC[NH+](Cc2ccccc2)CC1. The Morgan fingerprint density at radius 3 is 2.29 bits per heavy atom. The zero-order chi connectivity index (χ0) is 12.1. The zero-order valence-electron chi connectivity index (χ0n) is 11.2. The standard InChI is InChI=1S/C15H24N2/c1-3-14(2)17-11-9-16(10-12-17)13-15-7-5-4-6-8-15/h4-8,14H,3,9-13H2,1-2H3/p+2/t14-/m1/s1. The molecular formula is C15H26N2+2. The topological polar surface area (TPSA) is 8.88 Å². The van der Waals surface area contributed by atoms with Crippen molar-refractivity contribution in [2.45, 2.75) is 32.9 Å². The third kappa shape index (κ3) is 3.55. The Balaban J connectivity index is 1.80. The number of nitrogens with one attached hydrogen (secondary N) is 2. The van der Waals surface area contributed by atoms with E-state index in [1.807, 2.05) is 4.90 Å². The normalized spacial score (nSPS) is 26.7. The molecule has 0 aliphatic carbocycles. The molecule has 2 N–H and O–H groups in total. The van der Waals surface area contributed by atoms with E-state index < -0.39 is 0 Å². The van der Waals surface area contributed by atoms with Crippen molar-refractivity contribution >= 4 is 0 Å². The summed E-state index contributed by atoms with van der Waals surface area (Å²) >= 11 is 0. The van der Waals surface area contributed by atoms with Crippen LogP contribution in [0.5, 0.6) is 0 Å². The smallest absolute Gasteiger partial charge is 0.127 e. The molecule has 17 heavy (non-hydrogen) atoms. The first-order valence-electron chi connectivity index (χ1n) is 7.01. The fraction of sp³-hybridized carbons (Fsp3) is 0.600. The van der Waals surface area contributed by atoms with E-state index in [-0.39, 0.29) is 0 Å². The average Bonchev–Trinajstić information content (AvgIpc) is 2.40. The fourth-order valence-electron chi connectivity index (χ4n) is 2.77. The van der Waals surface area contributed by atoms with Crippen LogP contribution in [0.1, 0.15) is 25.8 Å². The summed E-state index contributed by atoms with van der Waals surface area (Å²) in [5, 5.41) is 0. The number of hydrogen-bond acceptors (Lipinski definition) is 0. The summed E-state index contributed by atoms with van der Waals surface area (Å²) in [4.78, 5) is 3.56. The molecule has 0 bridgehead atoms. The summed E-state index contributed by atoms with van der Waals surface area (Å²) in [5.41, 5.74) is 1.48. The molecule has 0 radical (unpaired) electrons. The summed E-state index contributed by atoms with van der Waals surface area (Å²) in [6, 6.07) is 11.7. The van der Waals surface area contributed by atoms with E-state index in [1.165, 1.54) is 44.7 Å². The van der Waals surface area contributed by atoms with E-state index in [9.17, 15) is 0 Å². The van der Waals surface area contributed by atoms with Crippen molar-refractivity contribution in [2.75, 3.05) is 26.2 Å². The molecule has 1 fully saturated rings. The first-order chi connectivity index (χ1) is 8.29. The van der Waals surface area contributed by atoms with Gasteiger partial charge in [-0.3, -0.25) is 0 Å². The molecule has 1 heterocycles. The molecule has 1 aromatic rings. The monoisotopic (exact) mass is 234 g/mol. The molecule has 1 aromatic carbocycles. The maximum absolute atomic E-state index is 2.39. The van der Waals surface area contributed by atoms with Crippen LogP contribution in [0.25, 0.3) is 0 Å². The maximum Gasteiger partial charge on any atom is 0.127 e. The van der Waals surface area contributed by atoms with Gasteiger partial charge in [0.15, 0.2) is 0 Å². The van der Waals surface area contributed by atoms with Gasteiger partial charge in [0.05, 0.1) is 6.04 Å². The predicted molar refractivity (Wildman–Crippen MR) is 71.3 cm³/mol. The molecule has 0 amide bonds. The van der Waals surface area contributed by atoms with Crippen LogP contribution in [0.3, 0.4) is 0 Å². The van der Waals surface area contributed by atoms with Crippen molar-refractivity contribution < 1.29 is 9.80 Å². The highest BCUT2D eigenvalue weighted by molar-refractivity contribution is 5.13. The lowest BCUT2D eigenvalue weighted by Gasteiger charge is -2.32. The van der Waals surface area contributed by atoms with Gasteiger partial charge in [-0.25, -0.2) is 0 Å². The zero-order valence-corrected chi connectivity index (χ0v) is 11.2. The van der Waals surface area contributed by atoms with Crippen molar-refractivity contribution in [2.24, 2.45) is 0 Å². The van der Waals surface area contributed by atoms with Crippen LogP contribution in [-0.2, 0) is 6.54 Å². The molecule has 1 aliphatic heterocycles. The van der Waals surface area contributed by atoms with E-state index in [2.05, 4.69) is 44.2 Å². The molecule has 1 aliphatic rings. The van der Waals surface area contributed by atoms with Crippen molar-refractivity contribution in [3.63, 3.8) is 0 Å². The third-order valence-corrected chi connectivity index (χ3v) is 4.21. The highest BCUT2D eigenvalue weighted by Gasteiger charge is 2.25. The van der Waals surface area contributed by atoms with Gasteiger partial charge in [0, 0.05) is 5.56 Å². The van der Waals surface area contributed by atoms with Crippen LogP contribution in [0.4, 0.5) is 0 Å². The number of quaternary nitrogens is 2. The van der Waals surface area contributed by atoms with Crippen molar-refractivity contribution in [3.05, 3.63) is 35.9 Å². The van der Waals surface area contributed by atoms with Crippen LogP contribution < -0.4 is 9.80 Å². The van der Waals surface area contributed by atoms with Crippen molar-refractivity contribution in [1.82, 2.24) is 0 Å². The predicted octanol–water partition coefficient (Wildman–Crippen LogP) is -0.231. The second-order valence-corrected chi connectivity index (χ2v) is 5.38. The molecule has 2 rings (SSSR count). The fourth-order valence-corrected chi connectivity index (χ4v) is 2.77. The highest BCUT2D eigenvalue weighted by atomic mass is 15.3. The second kappa shape index (κ2) is 6.18. The van der Waals surface area contributed by atoms with Gasteiger partial charge in [-0.2, -0.15) is 0 Å². The van der Waals surface area contributed by atoms with Crippen LogP contribution in [-0.4, -0.2) is 32.2 Å². The van der Waals surface area contributed by atoms with Crippen molar-refractivity contribution in [1.29, 1.82) is 0 Å². The summed E-state index contributed by atoms with van der Waals surface area (Å²) in [6.07, 6.45) is 1.31. The van der Waals surface area contributed by atoms with Gasteiger partial charge >= 0.3 is 0 Å². The first-order valence-corrected chi connectivity index (χ1v) is 7.01. The Morgan fingerprint density at radius 1 is 1.06 bits per heavy atom. The van der Waals surface area contributed by atoms with E-state index in [0.29, 0.717) is 0 Å². The van der Waals surface area contributed by atoms with Gasteiger partial charge in [0.1, 0.15) is 32.7 Å². The number of rotatable bonds is 4. The Morgan fingerprint density at radius 2 is 1.71 bits per heavy atom. The number of piperazine rings is 1. The quantitative estimate of drug-likeness (QED) is 0.712. The molecule has 2 heteroatoms. The Hall–Kier alpha value is -0.860. The van der Waals surface area contributed by atoms with Gasteiger partial charge in [-0.15, -0.1) is 0 Å². The van der Waals surface area contributed by atoms with Gasteiger partial charge in [-0.1, -0.05) is 37.3 Å². The molecule has 0 saturated carbocycles. The van der Waals surface area contributed by atoms with Gasteiger partial charge in [0.25, 0.3) is 0 Å². The number of benzene rings is 1. The lowest BCUT2D eigenvalue weighted by atomic mass is 10.1.